The third kappa shape index (κ3) is 3.69. The van der Waals surface area contributed by atoms with Gasteiger partial charge >= 0.3 is 0 Å². The molecular formula is C14H26N2O2. The predicted molar refractivity (Wildman–Crippen MR) is 71.2 cm³/mol. The minimum absolute atomic E-state index is 0.134. The van der Waals surface area contributed by atoms with E-state index in [0.717, 1.165) is 38.1 Å². The highest BCUT2D eigenvalue weighted by Crippen LogP contribution is 2.23. The van der Waals surface area contributed by atoms with Crippen LogP contribution in [0, 0.1) is 5.92 Å². The molecule has 2 rings (SSSR count). The maximum absolute atomic E-state index is 12.0. The lowest BCUT2D eigenvalue weighted by molar-refractivity contribution is -0.123. The lowest BCUT2D eigenvalue weighted by Gasteiger charge is -2.28. The second kappa shape index (κ2) is 6.53. The molecule has 4 heteroatoms. The lowest BCUT2D eigenvalue weighted by atomic mass is 9.87. The van der Waals surface area contributed by atoms with E-state index in [4.69, 9.17) is 0 Å². The van der Waals surface area contributed by atoms with Crippen molar-refractivity contribution in [2.75, 3.05) is 19.7 Å². The molecule has 1 aliphatic carbocycles. The Morgan fingerprint density at radius 2 is 2.00 bits per heavy atom. The fraction of sp³-hybridized carbons (Fsp3) is 0.929. The number of amides is 1. The summed E-state index contributed by atoms with van der Waals surface area (Å²) >= 11 is 0. The van der Waals surface area contributed by atoms with Crippen molar-refractivity contribution >= 4 is 5.91 Å². The van der Waals surface area contributed by atoms with E-state index < -0.39 is 0 Å². The molecule has 1 aliphatic heterocycles. The lowest BCUT2D eigenvalue weighted by Crippen LogP contribution is -2.45. The molecule has 0 bridgehead atoms. The van der Waals surface area contributed by atoms with Crippen LogP contribution in [0.2, 0.25) is 0 Å². The minimum atomic E-state index is 0.134. The van der Waals surface area contributed by atoms with E-state index in [9.17, 15) is 9.90 Å². The topological polar surface area (TPSA) is 52.6 Å². The van der Waals surface area contributed by atoms with Gasteiger partial charge in [-0.25, -0.2) is 0 Å². The number of nitrogens with zero attached hydrogens (tertiary/aromatic N) is 1. The fourth-order valence-corrected chi connectivity index (χ4v) is 3.17. The predicted octanol–water partition coefficient (Wildman–Crippen LogP) is 1.14. The Hall–Kier alpha value is -0.610. The molecule has 0 aromatic carbocycles. The van der Waals surface area contributed by atoms with Crippen LogP contribution in [0.15, 0.2) is 0 Å². The summed E-state index contributed by atoms with van der Waals surface area (Å²) in [5.74, 6) is 0.949. The molecule has 0 aromatic rings. The van der Waals surface area contributed by atoms with Crippen molar-refractivity contribution in [1.29, 1.82) is 0 Å². The zero-order valence-corrected chi connectivity index (χ0v) is 11.4. The Balaban J connectivity index is 1.71. The molecule has 2 N–H and O–H groups in total. The summed E-state index contributed by atoms with van der Waals surface area (Å²) in [5.41, 5.74) is 0. The van der Waals surface area contributed by atoms with Crippen LogP contribution in [0.4, 0.5) is 0 Å². The van der Waals surface area contributed by atoms with Crippen molar-refractivity contribution in [3.8, 4) is 0 Å². The zero-order chi connectivity index (χ0) is 13.0. The van der Waals surface area contributed by atoms with Gasteiger partial charge in [0, 0.05) is 12.1 Å². The van der Waals surface area contributed by atoms with Crippen LogP contribution in [-0.4, -0.2) is 47.7 Å². The van der Waals surface area contributed by atoms with Gasteiger partial charge in [-0.15, -0.1) is 0 Å². The Bertz CT molecular complexity index is 275. The molecule has 1 saturated heterocycles. The molecular weight excluding hydrogens is 228 g/mol. The standard InChI is InChI=1S/C14H26N2O2/c1-11-4-6-12(7-5-11)15-14(18)9-16-8-2-3-13(16)10-17/h11-13,17H,2-10H2,1H3,(H,15,18)/t11?,12?,13-/m1/s1. The third-order valence-corrected chi connectivity index (χ3v) is 4.44. The van der Waals surface area contributed by atoms with Crippen molar-refractivity contribution in [2.24, 2.45) is 5.92 Å². The SMILES string of the molecule is CC1CCC(NC(=O)CN2CCC[C@@H]2CO)CC1. The molecule has 1 heterocycles. The second-order valence-electron chi connectivity index (χ2n) is 5.97. The number of likely N-dealkylation sites (tertiary alicyclic amines) is 1. The number of carbonyl (C=O) groups excluding carboxylic acids is 1. The first-order valence-corrected chi connectivity index (χ1v) is 7.33. The van der Waals surface area contributed by atoms with E-state index in [1.165, 1.54) is 12.8 Å². The van der Waals surface area contributed by atoms with Gasteiger partial charge in [-0.05, 0) is 51.0 Å². The molecule has 0 unspecified atom stereocenters. The number of aliphatic hydroxyl groups is 1. The average Bonchev–Trinajstić information content (AvgIpc) is 2.79. The number of hydrogen-bond donors (Lipinski definition) is 2. The smallest absolute Gasteiger partial charge is 0.234 e. The molecule has 1 amide bonds. The van der Waals surface area contributed by atoms with Gasteiger partial charge < -0.3 is 10.4 Å². The van der Waals surface area contributed by atoms with Gasteiger partial charge in [0.2, 0.25) is 5.91 Å². The number of aliphatic hydroxyl groups excluding tert-OH is 1. The molecule has 1 saturated carbocycles. The maximum Gasteiger partial charge on any atom is 0.234 e. The summed E-state index contributed by atoms with van der Waals surface area (Å²) in [4.78, 5) is 14.1. The first-order chi connectivity index (χ1) is 8.69. The normalized spacial score (nSPS) is 33.6. The highest BCUT2D eigenvalue weighted by molar-refractivity contribution is 5.78. The van der Waals surface area contributed by atoms with Crippen LogP contribution in [-0.2, 0) is 4.79 Å². The van der Waals surface area contributed by atoms with Crippen LogP contribution < -0.4 is 5.32 Å². The molecule has 2 aliphatic rings. The van der Waals surface area contributed by atoms with Gasteiger partial charge in [0.1, 0.15) is 0 Å². The van der Waals surface area contributed by atoms with Gasteiger partial charge in [0.05, 0.1) is 13.2 Å². The third-order valence-electron chi connectivity index (χ3n) is 4.44. The fourth-order valence-electron chi connectivity index (χ4n) is 3.17. The van der Waals surface area contributed by atoms with Crippen molar-refractivity contribution in [3.63, 3.8) is 0 Å². The Labute approximate surface area is 110 Å². The quantitative estimate of drug-likeness (QED) is 0.791. The van der Waals surface area contributed by atoms with E-state index in [0.29, 0.717) is 12.6 Å². The van der Waals surface area contributed by atoms with Gasteiger partial charge in [-0.2, -0.15) is 0 Å². The van der Waals surface area contributed by atoms with E-state index in [-0.39, 0.29) is 18.6 Å². The molecule has 0 spiro atoms. The summed E-state index contributed by atoms with van der Waals surface area (Å²) in [5, 5.41) is 12.4. The Morgan fingerprint density at radius 1 is 1.28 bits per heavy atom. The van der Waals surface area contributed by atoms with Crippen LogP contribution in [0.3, 0.4) is 0 Å². The molecule has 104 valence electrons. The van der Waals surface area contributed by atoms with Crippen molar-refractivity contribution in [2.45, 2.75) is 57.5 Å². The zero-order valence-electron chi connectivity index (χ0n) is 11.4. The first-order valence-electron chi connectivity index (χ1n) is 7.33. The number of rotatable bonds is 4. The summed E-state index contributed by atoms with van der Waals surface area (Å²) in [7, 11) is 0. The van der Waals surface area contributed by atoms with Crippen molar-refractivity contribution < 1.29 is 9.90 Å². The van der Waals surface area contributed by atoms with Crippen molar-refractivity contribution in [1.82, 2.24) is 10.2 Å². The largest absolute Gasteiger partial charge is 0.395 e. The second-order valence-corrected chi connectivity index (χ2v) is 5.97. The van der Waals surface area contributed by atoms with Crippen LogP contribution in [0.1, 0.15) is 45.4 Å². The monoisotopic (exact) mass is 254 g/mol. The first kappa shape index (κ1) is 13.8. The highest BCUT2D eigenvalue weighted by Gasteiger charge is 2.26. The van der Waals surface area contributed by atoms with Crippen molar-refractivity contribution in [3.05, 3.63) is 0 Å². The van der Waals surface area contributed by atoms with E-state index in [1.54, 1.807) is 0 Å². The highest BCUT2D eigenvalue weighted by atomic mass is 16.3. The number of carbonyl (C=O) groups is 1. The molecule has 1 atom stereocenters. The molecule has 18 heavy (non-hydrogen) atoms. The summed E-state index contributed by atoms with van der Waals surface area (Å²) in [6.07, 6.45) is 6.82. The van der Waals surface area contributed by atoms with Gasteiger partial charge in [0.15, 0.2) is 0 Å². The minimum Gasteiger partial charge on any atom is -0.395 e. The summed E-state index contributed by atoms with van der Waals surface area (Å²) < 4.78 is 0. The van der Waals surface area contributed by atoms with Gasteiger partial charge in [0.25, 0.3) is 0 Å². The number of hydrogen-bond acceptors (Lipinski definition) is 3. The number of nitrogens with one attached hydrogen (secondary N) is 1. The van der Waals surface area contributed by atoms with Gasteiger partial charge in [-0.3, -0.25) is 9.69 Å². The average molecular weight is 254 g/mol. The van der Waals surface area contributed by atoms with E-state index in [1.807, 2.05) is 0 Å². The Morgan fingerprint density at radius 3 is 2.67 bits per heavy atom. The van der Waals surface area contributed by atoms with Crippen LogP contribution in [0.25, 0.3) is 0 Å². The summed E-state index contributed by atoms with van der Waals surface area (Å²) in [6.45, 7) is 3.86. The Kier molecular flexibility index (Phi) is 5.01. The van der Waals surface area contributed by atoms with Crippen LogP contribution >= 0.6 is 0 Å². The van der Waals surface area contributed by atoms with Gasteiger partial charge in [-0.1, -0.05) is 6.92 Å². The molecule has 0 aromatic heterocycles. The van der Waals surface area contributed by atoms with E-state index >= 15 is 0 Å². The molecule has 2 fully saturated rings. The molecule has 0 radical (unpaired) electrons. The maximum atomic E-state index is 12.0. The molecule has 4 nitrogen and oxygen atoms in total. The summed E-state index contributed by atoms with van der Waals surface area (Å²) in [6, 6.07) is 0.575. The van der Waals surface area contributed by atoms with Crippen LogP contribution in [0.5, 0.6) is 0 Å². The van der Waals surface area contributed by atoms with E-state index in [2.05, 4.69) is 17.1 Å².